The molecular weight excluding hydrogens is 122 g/mol. The molecule has 54 valence electrons. The standard InChI is InChI=1S/C9H13N/c1-6(2)9-5-7(3)10-8(9)4/h5,8H,1H2,2-4H3. The van der Waals surface area contributed by atoms with Crippen molar-refractivity contribution in [3.8, 4) is 0 Å². The molecule has 0 aromatic carbocycles. The molecule has 0 aromatic heterocycles. The van der Waals surface area contributed by atoms with E-state index >= 15 is 0 Å². The maximum absolute atomic E-state index is 4.35. The summed E-state index contributed by atoms with van der Waals surface area (Å²) >= 11 is 0. The molecule has 1 rings (SSSR count). The SMILES string of the molecule is C=C(C)C1=CC(C)=NC1C. The molecule has 0 fully saturated rings. The number of hydrogen-bond donors (Lipinski definition) is 0. The fraction of sp³-hybridized carbons (Fsp3) is 0.444. The summed E-state index contributed by atoms with van der Waals surface area (Å²) in [6.45, 7) is 10.0. The van der Waals surface area contributed by atoms with Gasteiger partial charge in [0, 0.05) is 5.71 Å². The van der Waals surface area contributed by atoms with Crippen molar-refractivity contribution < 1.29 is 0 Å². The summed E-state index contributed by atoms with van der Waals surface area (Å²) in [6, 6.07) is 0.331. The van der Waals surface area contributed by atoms with Gasteiger partial charge in [0.15, 0.2) is 0 Å². The largest absolute Gasteiger partial charge is 0.282 e. The Labute approximate surface area is 62.2 Å². The van der Waals surface area contributed by atoms with E-state index in [2.05, 4.69) is 24.6 Å². The average Bonchev–Trinajstić information content (AvgIpc) is 2.10. The van der Waals surface area contributed by atoms with Crippen molar-refractivity contribution in [2.24, 2.45) is 4.99 Å². The van der Waals surface area contributed by atoms with Gasteiger partial charge in [0.25, 0.3) is 0 Å². The fourth-order valence-corrected chi connectivity index (χ4v) is 1.24. The molecule has 1 atom stereocenters. The van der Waals surface area contributed by atoms with Crippen LogP contribution in [0.5, 0.6) is 0 Å². The molecule has 1 aliphatic rings. The highest BCUT2D eigenvalue weighted by Crippen LogP contribution is 2.20. The van der Waals surface area contributed by atoms with Crippen molar-refractivity contribution in [3.05, 3.63) is 23.8 Å². The van der Waals surface area contributed by atoms with Crippen LogP contribution in [0.2, 0.25) is 0 Å². The first-order chi connectivity index (χ1) is 4.61. The minimum absolute atomic E-state index is 0.331. The lowest BCUT2D eigenvalue weighted by atomic mass is 10.0. The quantitative estimate of drug-likeness (QED) is 0.523. The number of rotatable bonds is 1. The van der Waals surface area contributed by atoms with Gasteiger partial charge in [-0.05, 0) is 32.4 Å². The molecule has 1 unspecified atom stereocenters. The Kier molecular flexibility index (Phi) is 1.75. The first-order valence-corrected chi connectivity index (χ1v) is 3.53. The average molecular weight is 135 g/mol. The maximum atomic E-state index is 4.35. The molecule has 0 N–H and O–H groups in total. The van der Waals surface area contributed by atoms with Gasteiger partial charge in [-0.25, -0.2) is 0 Å². The summed E-state index contributed by atoms with van der Waals surface area (Å²) < 4.78 is 0. The molecule has 0 aliphatic carbocycles. The minimum atomic E-state index is 0.331. The summed E-state index contributed by atoms with van der Waals surface area (Å²) in [5.41, 5.74) is 3.52. The Morgan fingerprint density at radius 2 is 2.30 bits per heavy atom. The van der Waals surface area contributed by atoms with Crippen LogP contribution in [0.25, 0.3) is 0 Å². The van der Waals surface area contributed by atoms with Crippen LogP contribution in [0, 0.1) is 0 Å². The van der Waals surface area contributed by atoms with E-state index < -0.39 is 0 Å². The normalized spacial score (nSPS) is 24.1. The van der Waals surface area contributed by atoms with Gasteiger partial charge in [-0.15, -0.1) is 0 Å². The molecule has 0 radical (unpaired) electrons. The number of nitrogens with zero attached hydrogens (tertiary/aromatic N) is 1. The third-order valence-corrected chi connectivity index (χ3v) is 1.70. The number of aliphatic imine (C=N–C) groups is 1. The molecule has 0 saturated heterocycles. The van der Waals surface area contributed by atoms with Crippen LogP contribution in [0.4, 0.5) is 0 Å². The highest BCUT2D eigenvalue weighted by Gasteiger charge is 2.13. The Hall–Kier alpha value is -0.850. The van der Waals surface area contributed by atoms with Gasteiger partial charge in [0.1, 0.15) is 0 Å². The zero-order valence-corrected chi connectivity index (χ0v) is 6.81. The van der Waals surface area contributed by atoms with E-state index in [-0.39, 0.29) is 0 Å². The van der Waals surface area contributed by atoms with Gasteiger partial charge in [-0.2, -0.15) is 0 Å². The summed E-state index contributed by atoms with van der Waals surface area (Å²) in [6.07, 6.45) is 2.10. The monoisotopic (exact) mass is 135 g/mol. The molecule has 0 saturated carbocycles. The second-order valence-electron chi connectivity index (χ2n) is 2.83. The van der Waals surface area contributed by atoms with Gasteiger partial charge >= 0.3 is 0 Å². The third-order valence-electron chi connectivity index (χ3n) is 1.70. The molecule has 1 aliphatic heterocycles. The van der Waals surface area contributed by atoms with Gasteiger partial charge in [-0.3, -0.25) is 4.99 Å². The van der Waals surface area contributed by atoms with Crippen molar-refractivity contribution in [1.29, 1.82) is 0 Å². The van der Waals surface area contributed by atoms with Crippen molar-refractivity contribution in [1.82, 2.24) is 0 Å². The summed E-state index contributed by atoms with van der Waals surface area (Å²) in [5.74, 6) is 0. The molecule has 1 nitrogen and oxygen atoms in total. The molecule has 0 amide bonds. The molecule has 0 aromatic rings. The van der Waals surface area contributed by atoms with Crippen LogP contribution < -0.4 is 0 Å². The van der Waals surface area contributed by atoms with Crippen molar-refractivity contribution in [2.45, 2.75) is 26.8 Å². The number of allylic oxidation sites excluding steroid dienone is 1. The van der Waals surface area contributed by atoms with Crippen LogP contribution in [0.15, 0.2) is 28.8 Å². The second-order valence-corrected chi connectivity index (χ2v) is 2.83. The van der Waals surface area contributed by atoms with Gasteiger partial charge < -0.3 is 0 Å². The highest BCUT2D eigenvalue weighted by atomic mass is 14.8. The first kappa shape index (κ1) is 7.26. The first-order valence-electron chi connectivity index (χ1n) is 3.53. The van der Waals surface area contributed by atoms with Crippen LogP contribution in [0.1, 0.15) is 20.8 Å². The lowest BCUT2D eigenvalue weighted by Crippen LogP contribution is -1.98. The predicted octanol–water partition coefficient (Wildman–Crippen LogP) is 2.35. The molecule has 10 heavy (non-hydrogen) atoms. The maximum Gasteiger partial charge on any atom is 0.0726 e. The Balaban J connectivity index is 2.85. The van der Waals surface area contributed by atoms with E-state index in [0.29, 0.717) is 6.04 Å². The topological polar surface area (TPSA) is 12.4 Å². The third kappa shape index (κ3) is 1.18. The zero-order valence-electron chi connectivity index (χ0n) is 6.81. The van der Waals surface area contributed by atoms with Crippen LogP contribution in [-0.4, -0.2) is 11.8 Å². The second kappa shape index (κ2) is 2.41. The lowest BCUT2D eigenvalue weighted by molar-refractivity contribution is 0.892. The molecule has 1 heteroatoms. The summed E-state index contributed by atoms with van der Waals surface area (Å²) in [7, 11) is 0. The smallest absolute Gasteiger partial charge is 0.0726 e. The van der Waals surface area contributed by atoms with Gasteiger partial charge in [-0.1, -0.05) is 12.2 Å². The van der Waals surface area contributed by atoms with Crippen molar-refractivity contribution in [3.63, 3.8) is 0 Å². The van der Waals surface area contributed by atoms with Gasteiger partial charge in [0.2, 0.25) is 0 Å². The van der Waals surface area contributed by atoms with Crippen molar-refractivity contribution in [2.75, 3.05) is 0 Å². The summed E-state index contributed by atoms with van der Waals surface area (Å²) in [5, 5.41) is 0. The highest BCUT2D eigenvalue weighted by molar-refractivity contribution is 5.96. The van der Waals surface area contributed by atoms with Gasteiger partial charge in [0.05, 0.1) is 6.04 Å². The fourth-order valence-electron chi connectivity index (χ4n) is 1.24. The lowest BCUT2D eigenvalue weighted by Gasteiger charge is -2.04. The zero-order chi connectivity index (χ0) is 7.72. The van der Waals surface area contributed by atoms with E-state index in [0.717, 1.165) is 11.3 Å². The van der Waals surface area contributed by atoms with Crippen LogP contribution in [-0.2, 0) is 0 Å². The Morgan fingerprint density at radius 1 is 1.70 bits per heavy atom. The molecule has 1 heterocycles. The summed E-state index contributed by atoms with van der Waals surface area (Å²) in [4.78, 5) is 4.35. The van der Waals surface area contributed by atoms with E-state index in [9.17, 15) is 0 Å². The van der Waals surface area contributed by atoms with Crippen LogP contribution in [0.3, 0.4) is 0 Å². The van der Waals surface area contributed by atoms with Crippen LogP contribution >= 0.6 is 0 Å². The molecule has 0 spiro atoms. The van der Waals surface area contributed by atoms with E-state index in [1.165, 1.54) is 5.57 Å². The molecular formula is C9H13N. The number of hydrogen-bond acceptors (Lipinski definition) is 1. The molecule has 0 bridgehead atoms. The van der Waals surface area contributed by atoms with E-state index in [1.54, 1.807) is 0 Å². The van der Waals surface area contributed by atoms with E-state index in [1.807, 2.05) is 13.8 Å². The minimum Gasteiger partial charge on any atom is -0.282 e. The Bertz CT molecular complexity index is 221. The van der Waals surface area contributed by atoms with Crippen molar-refractivity contribution >= 4 is 5.71 Å². The Morgan fingerprint density at radius 3 is 2.50 bits per heavy atom. The predicted molar refractivity (Wildman–Crippen MR) is 45.5 cm³/mol. The van der Waals surface area contributed by atoms with E-state index in [4.69, 9.17) is 0 Å².